The van der Waals surface area contributed by atoms with Gasteiger partial charge in [-0.05, 0) is 36.8 Å². The minimum atomic E-state index is -4.33. The fourth-order valence-corrected chi connectivity index (χ4v) is 2.50. The van der Waals surface area contributed by atoms with Gasteiger partial charge in [0.15, 0.2) is 0 Å². The van der Waals surface area contributed by atoms with E-state index >= 15 is 0 Å². The molecule has 0 radical (unpaired) electrons. The van der Waals surface area contributed by atoms with Gasteiger partial charge in [-0.3, -0.25) is 4.55 Å². The molecule has 0 atom stereocenters. The summed E-state index contributed by atoms with van der Waals surface area (Å²) in [5, 5.41) is 17.4. The van der Waals surface area contributed by atoms with Crippen LogP contribution in [0.3, 0.4) is 0 Å². The van der Waals surface area contributed by atoms with Crippen molar-refractivity contribution < 1.29 is 22.8 Å². The molecule has 0 aromatic heterocycles. The van der Waals surface area contributed by atoms with E-state index in [-0.39, 0.29) is 22.0 Å². The second-order valence-corrected chi connectivity index (χ2v) is 5.87. The lowest BCUT2D eigenvalue weighted by molar-refractivity contribution is 0.412. The van der Waals surface area contributed by atoms with E-state index in [0.717, 1.165) is 0 Å². The fraction of sp³-hybridized carbons (Fsp3) is 0.143. The summed E-state index contributed by atoms with van der Waals surface area (Å²) in [4.78, 5) is -0.237. The van der Waals surface area contributed by atoms with Gasteiger partial charge in [0.05, 0.1) is 17.7 Å². The minimum absolute atomic E-state index is 0.0911. The molecular weight excluding hydrogens is 308 g/mol. The molecule has 0 saturated carbocycles. The van der Waals surface area contributed by atoms with Gasteiger partial charge in [0.25, 0.3) is 10.1 Å². The second-order valence-electron chi connectivity index (χ2n) is 4.48. The van der Waals surface area contributed by atoms with Crippen LogP contribution in [0, 0.1) is 6.92 Å². The van der Waals surface area contributed by atoms with Crippen LogP contribution in [0.15, 0.2) is 51.5 Å². The summed E-state index contributed by atoms with van der Waals surface area (Å²) in [7, 11) is -2.85. The first-order chi connectivity index (χ1) is 10.3. The van der Waals surface area contributed by atoms with Crippen LogP contribution in [0.2, 0.25) is 0 Å². The van der Waals surface area contributed by atoms with Gasteiger partial charge in [-0.2, -0.15) is 13.5 Å². The number of hydrogen-bond donors (Lipinski definition) is 2. The average Bonchev–Trinajstić information content (AvgIpc) is 2.46. The third-order valence-electron chi connectivity index (χ3n) is 2.91. The van der Waals surface area contributed by atoms with E-state index in [0.29, 0.717) is 11.3 Å². The smallest absolute Gasteiger partial charge is 0.294 e. The zero-order chi connectivity index (χ0) is 16.3. The molecule has 0 aliphatic carbocycles. The highest BCUT2D eigenvalue weighted by Crippen LogP contribution is 2.32. The van der Waals surface area contributed by atoms with Crippen LogP contribution in [0.4, 0.5) is 11.4 Å². The summed E-state index contributed by atoms with van der Waals surface area (Å²) < 4.78 is 36.6. The second kappa shape index (κ2) is 6.12. The molecule has 8 heteroatoms. The molecular formula is C14H14N2O5S. The van der Waals surface area contributed by atoms with Crippen molar-refractivity contribution in [3.8, 4) is 11.5 Å². The van der Waals surface area contributed by atoms with E-state index in [1.54, 1.807) is 19.1 Å². The Morgan fingerprint density at radius 2 is 1.82 bits per heavy atom. The van der Waals surface area contributed by atoms with Crippen LogP contribution in [0.1, 0.15) is 5.56 Å². The lowest BCUT2D eigenvalue weighted by Gasteiger charge is -2.04. The SMILES string of the molecule is COc1ccc(O)c(N=Nc2ccc(C)c(S(=O)(=O)O)c2)c1. The quantitative estimate of drug-likeness (QED) is 0.662. The monoisotopic (exact) mass is 322 g/mol. The van der Waals surface area contributed by atoms with Crippen LogP contribution >= 0.6 is 0 Å². The molecule has 22 heavy (non-hydrogen) atoms. The maximum atomic E-state index is 11.2. The van der Waals surface area contributed by atoms with E-state index in [1.165, 1.54) is 31.4 Å². The Hall–Kier alpha value is -2.45. The molecule has 2 N–H and O–H groups in total. The lowest BCUT2D eigenvalue weighted by atomic mass is 10.2. The molecule has 0 bridgehead atoms. The summed E-state index contributed by atoms with van der Waals surface area (Å²) in [5.41, 5.74) is 0.791. The first-order valence-electron chi connectivity index (χ1n) is 6.18. The predicted octanol–water partition coefficient (Wildman–Crippen LogP) is 3.37. The van der Waals surface area contributed by atoms with Gasteiger partial charge in [0, 0.05) is 6.07 Å². The van der Waals surface area contributed by atoms with E-state index in [2.05, 4.69) is 10.2 Å². The summed E-state index contributed by atoms with van der Waals surface area (Å²) in [6.07, 6.45) is 0. The number of azo groups is 1. The van der Waals surface area contributed by atoms with Crippen molar-refractivity contribution in [1.82, 2.24) is 0 Å². The molecule has 0 unspecified atom stereocenters. The third-order valence-corrected chi connectivity index (χ3v) is 3.90. The van der Waals surface area contributed by atoms with Gasteiger partial charge in [-0.25, -0.2) is 0 Å². The highest BCUT2D eigenvalue weighted by atomic mass is 32.2. The van der Waals surface area contributed by atoms with Crippen LogP contribution in [-0.4, -0.2) is 25.2 Å². The van der Waals surface area contributed by atoms with Crippen molar-refractivity contribution in [3.63, 3.8) is 0 Å². The van der Waals surface area contributed by atoms with E-state index in [1.807, 2.05) is 0 Å². The van der Waals surface area contributed by atoms with Gasteiger partial charge in [0.2, 0.25) is 0 Å². The van der Waals surface area contributed by atoms with E-state index in [9.17, 15) is 13.5 Å². The Labute approximate surface area is 127 Å². The predicted molar refractivity (Wildman–Crippen MR) is 79.8 cm³/mol. The summed E-state index contributed by atoms with van der Waals surface area (Å²) in [6.45, 7) is 1.55. The number of benzene rings is 2. The Kier molecular flexibility index (Phi) is 4.43. The molecule has 7 nitrogen and oxygen atoms in total. The van der Waals surface area contributed by atoms with Crippen LogP contribution in [0.25, 0.3) is 0 Å². The number of phenolic OH excluding ortho intramolecular Hbond substituents is 1. The molecule has 0 fully saturated rings. The molecule has 0 aliphatic heterocycles. The number of phenols is 1. The Morgan fingerprint density at radius 1 is 1.09 bits per heavy atom. The number of aryl methyl sites for hydroxylation is 1. The first-order valence-corrected chi connectivity index (χ1v) is 7.62. The average molecular weight is 322 g/mol. The van der Waals surface area contributed by atoms with E-state index in [4.69, 9.17) is 9.29 Å². The topological polar surface area (TPSA) is 109 Å². The molecule has 0 spiro atoms. The van der Waals surface area contributed by atoms with Crippen LogP contribution in [-0.2, 0) is 10.1 Å². The Morgan fingerprint density at radius 3 is 2.45 bits per heavy atom. The minimum Gasteiger partial charge on any atom is -0.506 e. The standard InChI is InChI=1S/C14H14N2O5S/c1-9-3-4-10(7-14(9)22(18,19)20)15-16-12-8-11(21-2)5-6-13(12)17/h3-8,17H,1-2H3,(H,18,19,20). The van der Waals surface area contributed by atoms with Crippen molar-refractivity contribution >= 4 is 21.5 Å². The summed E-state index contributed by atoms with van der Waals surface area (Å²) in [5.74, 6) is 0.404. The van der Waals surface area contributed by atoms with Gasteiger partial charge in [0.1, 0.15) is 17.2 Å². The largest absolute Gasteiger partial charge is 0.506 e. The maximum Gasteiger partial charge on any atom is 0.294 e. The number of ether oxygens (including phenoxy) is 1. The molecule has 2 rings (SSSR count). The van der Waals surface area contributed by atoms with Crippen molar-refractivity contribution in [2.75, 3.05) is 7.11 Å². The number of nitrogens with zero attached hydrogens (tertiary/aromatic N) is 2. The maximum absolute atomic E-state index is 11.2. The van der Waals surface area contributed by atoms with Gasteiger partial charge >= 0.3 is 0 Å². The normalized spacial score (nSPS) is 11.8. The first kappa shape index (κ1) is 15.9. The molecule has 0 aliphatic rings. The molecule has 0 saturated heterocycles. The zero-order valence-corrected chi connectivity index (χ0v) is 12.7. The Bertz CT molecular complexity index is 831. The van der Waals surface area contributed by atoms with Crippen molar-refractivity contribution in [2.24, 2.45) is 10.2 Å². The number of rotatable bonds is 4. The molecule has 2 aromatic rings. The molecule has 116 valence electrons. The number of aromatic hydroxyl groups is 1. The molecule has 0 heterocycles. The zero-order valence-electron chi connectivity index (χ0n) is 11.9. The molecule has 2 aromatic carbocycles. The lowest BCUT2D eigenvalue weighted by Crippen LogP contribution is -2.00. The van der Waals surface area contributed by atoms with Crippen molar-refractivity contribution in [3.05, 3.63) is 42.0 Å². The fourth-order valence-electron chi connectivity index (χ4n) is 1.75. The highest BCUT2D eigenvalue weighted by Gasteiger charge is 2.13. The van der Waals surface area contributed by atoms with Crippen LogP contribution < -0.4 is 4.74 Å². The van der Waals surface area contributed by atoms with Crippen molar-refractivity contribution in [2.45, 2.75) is 11.8 Å². The Balaban J connectivity index is 2.39. The van der Waals surface area contributed by atoms with Crippen LogP contribution in [0.5, 0.6) is 11.5 Å². The summed E-state index contributed by atoms with van der Waals surface area (Å²) >= 11 is 0. The van der Waals surface area contributed by atoms with E-state index < -0.39 is 10.1 Å². The number of methoxy groups -OCH3 is 1. The van der Waals surface area contributed by atoms with Gasteiger partial charge in [-0.1, -0.05) is 6.07 Å². The number of hydrogen-bond acceptors (Lipinski definition) is 6. The van der Waals surface area contributed by atoms with Gasteiger partial charge < -0.3 is 9.84 Å². The van der Waals surface area contributed by atoms with Crippen molar-refractivity contribution in [1.29, 1.82) is 0 Å². The third kappa shape index (κ3) is 3.60. The van der Waals surface area contributed by atoms with Gasteiger partial charge in [-0.15, -0.1) is 5.11 Å². The molecule has 0 amide bonds. The highest BCUT2D eigenvalue weighted by molar-refractivity contribution is 7.85. The summed E-state index contributed by atoms with van der Waals surface area (Å²) in [6, 6.07) is 8.71.